The Kier molecular flexibility index (Phi) is 4.78. The van der Waals surface area contributed by atoms with Crippen molar-refractivity contribution in [3.63, 3.8) is 0 Å². The first-order valence-corrected chi connectivity index (χ1v) is 5.62. The molecule has 0 radical (unpaired) electrons. The quantitative estimate of drug-likeness (QED) is 0.864. The van der Waals surface area contributed by atoms with Crippen LogP contribution in [0.5, 0.6) is 0 Å². The Hall–Kier alpha value is -0.870. The number of hydrogen-bond acceptors (Lipinski definition) is 2. The van der Waals surface area contributed by atoms with Gasteiger partial charge in [0.15, 0.2) is 0 Å². The van der Waals surface area contributed by atoms with Gasteiger partial charge in [-0.3, -0.25) is 4.79 Å². The van der Waals surface area contributed by atoms with E-state index in [2.05, 4.69) is 15.9 Å². The minimum atomic E-state index is -0.786. The van der Waals surface area contributed by atoms with E-state index in [9.17, 15) is 4.79 Å². The third-order valence-electron chi connectivity index (χ3n) is 2.27. The van der Waals surface area contributed by atoms with Crippen LogP contribution in [0.1, 0.15) is 24.3 Å². The van der Waals surface area contributed by atoms with E-state index in [1.807, 2.05) is 24.3 Å². The minimum Gasteiger partial charge on any atom is -0.481 e. The molecule has 0 saturated heterocycles. The van der Waals surface area contributed by atoms with E-state index in [0.717, 1.165) is 16.5 Å². The van der Waals surface area contributed by atoms with E-state index in [1.54, 1.807) is 0 Å². The Morgan fingerprint density at radius 3 is 2.47 bits per heavy atom. The lowest BCUT2D eigenvalue weighted by molar-refractivity contribution is -0.139. The van der Waals surface area contributed by atoms with E-state index in [-0.39, 0.29) is 0 Å². The van der Waals surface area contributed by atoms with Crippen molar-refractivity contribution in [3.8, 4) is 0 Å². The second kappa shape index (κ2) is 5.88. The molecule has 0 heterocycles. The summed E-state index contributed by atoms with van der Waals surface area (Å²) in [5.41, 5.74) is 6.21. The van der Waals surface area contributed by atoms with Gasteiger partial charge >= 0.3 is 5.97 Å². The summed E-state index contributed by atoms with van der Waals surface area (Å²) in [5.74, 6) is -1.23. The highest BCUT2D eigenvalue weighted by Gasteiger charge is 2.18. The lowest BCUT2D eigenvalue weighted by Crippen LogP contribution is -2.13. The molecule has 0 aliphatic carbocycles. The van der Waals surface area contributed by atoms with Crippen LogP contribution in [0.15, 0.2) is 28.7 Å². The van der Waals surface area contributed by atoms with E-state index < -0.39 is 11.9 Å². The molecule has 1 rings (SSSR count). The number of nitrogens with two attached hydrogens (primary N) is 1. The van der Waals surface area contributed by atoms with Gasteiger partial charge in [-0.2, -0.15) is 0 Å². The van der Waals surface area contributed by atoms with Crippen LogP contribution in [0.25, 0.3) is 0 Å². The maximum atomic E-state index is 11.0. The summed E-state index contributed by atoms with van der Waals surface area (Å²) in [5, 5.41) is 9.07. The molecule has 0 saturated carbocycles. The number of rotatable bonds is 5. The smallest absolute Gasteiger partial charge is 0.310 e. The normalized spacial score (nSPS) is 12.4. The Balaban J connectivity index is 2.79. The van der Waals surface area contributed by atoms with Gasteiger partial charge in [0, 0.05) is 4.47 Å². The summed E-state index contributed by atoms with van der Waals surface area (Å²) >= 11 is 3.32. The van der Waals surface area contributed by atoms with Crippen molar-refractivity contribution in [1.82, 2.24) is 0 Å². The molecule has 0 bridgehead atoms. The highest BCUT2D eigenvalue weighted by atomic mass is 79.9. The van der Waals surface area contributed by atoms with Gasteiger partial charge in [-0.25, -0.2) is 0 Å². The molecular weight excluding hydrogens is 258 g/mol. The molecule has 1 aromatic rings. The molecule has 0 aliphatic heterocycles. The minimum absolute atomic E-state index is 0.443. The SMILES string of the molecule is NCCCC(C(=O)O)c1ccc(Br)cc1. The molecule has 0 fully saturated rings. The molecule has 1 unspecified atom stereocenters. The highest BCUT2D eigenvalue weighted by molar-refractivity contribution is 9.10. The van der Waals surface area contributed by atoms with Gasteiger partial charge in [-0.1, -0.05) is 28.1 Å². The molecule has 0 amide bonds. The number of carbonyl (C=O) groups is 1. The van der Waals surface area contributed by atoms with Gasteiger partial charge in [-0.05, 0) is 37.1 Å². The lowest BCUT2D eigenvalue weighted by atomic mass is 9.94. The molecule has 15 heavy (non-hydrogen) atoms. The molecule has 0 spiro atoms. The van der Waals surface area contributed by atoms with Crippen molar-refractivity contribution in [3.05, 3.63) is 34.3 Å². The lowest BCUT2D eigenvalue weighted by Gasteiger charge is -2.11. The Bertz CT molecular complexity index is 324. The summed E-state index contributed by atoms with van der Waals surface area (Å²) in [7, 11) is 0. The van der Waals surface area contributed by atoms with Crippen LogP contribution in [0, 0.1) is 0 Å². The van der Waals surface area contributed by atoms with Crippen LogP contribution < -0.4 is 5.73 Å². The van der Waals surface area contributed by atoms with E-state index in [1.165, 1.54) is 0 Å². The molecule has 4 heteroatoms. The van der Waals surface area contributed by atoms with E-state index in [4.69, 9.17) is 10.8 Å². The number of carboxylic acid groups (broad SMARTS) is 1. The first-order chi connectivity index (χ1) is 7.15. The fraction of sp³-hybridized carbons (Fsp3) is 0.364. The van der Waals surface area contributed by atoms with Crippen LogP contribution in [-0.2, 0) is 4.79 Å². The average molecular weight is 272 g/mol. The van der Waals surface area contributed by atoms with Gasteiger partial charge in [0.05, 0.1) is 5.92 Å². The first-order valence-electron chi connectivity index (χ1n) is 4.83. The largest absolute Gasteiger partial charge is 0.481 e. The molecule has 0 aromatic heterocycles. The van der Waals surface area contributed by atoms with E-state index >= 15 is 0 Å². The van der Waals surface area contributed by atoms with Crippen molar-refractivity contribution in [2.45, 2.75) is 18.8 Å². The van der Waals surface area contributed by atoms with Crippen LogP contribution in [0.2, 0.25) is 0 Å². The van der Waals surface area contributed by atoms with Crippen molar-refractivity contribution in [2.75, 3.05) is 6.54 Å². The zero-order valence-electron chi connectivity index (χ0n) is 8.32. The summed E-state index contributed by atoms with van der Waals surface area (Å²) in [6, 6.07) is 7.38. The maximum absolute atomic E-state index is 11.0. The van der Waals surface area contributed by atoms with Crippen LogP contribution in [0.4, 0.5) is 0 Å². The summed E-state index contributed by atoms with van der Waals surface area (Å²) < 4.78 is 0.953. The summed E-state index contributed by atoms with van der Waals surface area (Å²) in [6.45, 7) is 0.528. The monoisotopic (exact) mass is 271 g/mol. The van der Waals surface area contributed by atoms with E-state index in [0.29, 0.717) is 13.0 Å². The number of benzene rings is 1. The molecule has 0 aliphatic rings. The number of carboxylic acids is 1. The van der Waals surface area contributed by atoms with Crippen LogP contribution in [0.3, 0.4) is 0 Å². The topological polar surface area (TPSA) is 63.3 Å². The second-order valence-corrected chi connectivity index (χ2v) is 4.29. The number of halogens is 1. The zero-order chi connectivity index (χ0) is 11.3. The summed E-state index contributed by atoms with van der Waals surface area (Å²) in [4.78, 5) is 11.0. The van der Waals surface area contributed by atoms with Crippen LogP contribution in [-0.4, -0.2) is 17.6 Å². The molecular formula is C11H14BrNO2. The third-order valence-corrected chi connectivity index (χ3v) is 2.80. The maximum Gasteiger partial charge on any atom is 0.310 e. The number of aliphatic carboxylic acids is 1. The van der Waals surface area contributed by atoms with Gasteiger partial charge < -0.3 is 10.8 Å². The molecule has 3 nitrogen and oxygen atoms in total. The standard InChI is InChI=1S/C11H14BrNO2/c12-9-5-3-8(4-6-9)10(11(14)15)2-1-7-13/h3-6,10H,1-2,7,13H2,(H,14,15). The Labute approximate surface area is 97.4 Å². The zero-order valence-corrected chi connectivity index (χ0v) is 9.90. The fourth-order valence-corrected chi connectivity index (χ4v) is 1.71. The van der Waals surface area contributed by atoms with Crippen molar-refractivity contribution in [1.29, 1.82) is 0 Å². The van der Waals surface area contributed by atoms with Crippen molar-refractivity contribution >= 4 is 21.9 Å². The molecule has 1 aromatic carbocycles. The van der Waals surface area contributed by atoms with Gasteiger partial charge in [0.1, 0.15) is 0 Å². The fourth-order valence-electron chi connectivity index (χ4n) is 1.45. The predicted molar refractivity (Wildman–Crippen MR) is 62.8 cm³/mol. The third kappa shape index (κ3) is 3.64. The molecule has 3 N–H and O–H groups in total. The van der Waals surface area contributed by atoms with Gasteiger partial charge in [-0.15, -0.1) is 0 Å². The van der Waals surface area contributed by atoms with Crippen molar-refractivity contribution in [2.24, 2.45) is 5.73 Å². The molecule has 1 atom stereocenters. The first kappa shape index (κ1) is 12.2. The highest BCUT2D eigenvalue weighted by Crippen LogP contribution is 2.23. The van der Waals surface area contributed by atoms with Gasteiger partial charge in [0.25, 0.3) is 0 Å². The predicted octanol–water partition coefficient (Wildman–Crippen LogP) is 2.36. The average Bonchev–Trinajstić information content (AvgIpc) is 2.21. The van der Waals surface area contributed by atoms with Crippen molar-refractivity contribution < 1.29 is 9.90 Å². The number of hydrogen-bond donors (Lipinski definition) is 2. The second-order valence-electron chi connectivity index (χ2n) is 3.37. The Morgan fingerprint density at radius 2 is 2.00 bits per heavy atom. The Morgan fingerprint density at radius 1 is 1.40 bits per heavy atom. The summed E-state index contributed by atoms with van der Waals surface area (Å²) in [6.07, 6.45) is 1.32. The van der Waals surface area contributed by atoms with Gasteiger partial charge in [0.2, 0.25) is 0 Å². The van der Waals surface area contributed by atoms with Crippen LogP contribution >= 0.6 is 15.9 Å². The molecule has 82 valence electrons.